The van der Waals surface area contributed by atoms with E-state index >= 15 is 0 Å². The molecule has 0 fully saturated rings. The van der Waals surface area contributed by atoms with E-state index < -0.39 is 0 Å². The van der Waals surface area contributed by atoms with Gasteiger partial charge in [0.2, 0.25) is 0 Å². The van der Waals surface area contributed by atoms with Gasteiger partial charge in [-0.2, -0.15) is 0 Å². The monoisotopic (exact) mass is 100.0 g/mol. The maximum absolute atomic E-state index is 4.77. The Hall–Kier alpha value is -0.370. The van der Waals surface area contributed by atoms with E-state index in [-0.39, 0.29) is 0 Å². The van der Waals surface area contributed by atoms with Crippen molar-refractivity contribution in [1.82, 2.24) is 0 Å². The summed E-state index contributed by atoms with van der Waals surface area (Å²) in [6.07, 6.45) is 3.68. The standard InChI is InChI=1S/C4H4OS/c6-4-2-1-3-5-4/h1-2H,3H2. The number of thiocarbonyl (C=S) groups is 1. The molecule has 0 spiro atoms. The van der Waals surface area contributed by atoms with Crippen LogP contribution in [-0.2, 0) is 4.74 Å². The van der Waals surface area contributed by atoms with Crippen molar-refractivity contribution in [2.24, 2.45) is 0 Å². The third-order valence-corrected chi connectivity index (χ3v) is 0.830. The van der Waals surface area contributed by atoms with Crippen molar-refractivity contribution in [1.29, 1.82) is 0 Å². The van der Waals surface area contributed by atoms with E-state index in [4.69, 9.17) is 4.74 Å². The summed E-state index contributed by atoms with van der Waals surface area (Å²) in [5.41, 5.74) is 0. The predicted octanol–water partition coefficient (Wildman–Crippen LogP) is 0.900. The lowest BCUT2D eigenvalue weighted by molar-refractivity contribution is 0.376. The minimum atomic E-state index is 0.606. The molecule has 1 rings (SSSR count). The van der Waals surface area contributed by atoms with Gasteiger partial charge in [0, 0.05) is 0 Å². The molecule has 0 amide bonds. The summed E-state index contributed by atoms with van der Waals surface area (Å²) in [6, 6.07) is 0. The maximum Gasteiger partial charge on any atom is 0.183 e. The van der Waals surface area contributed by atoms with E-state index in [0.29, 0.717) is 11.7 Å². The predicted molar refractivity (Wildman–Crippen MR) is 27.7 cm³/mol. The smallest absolute Gasteiger partial charge is 0.183 e. The van der Waals surface area contributed by atoms with E-state index in [1.807, 2.05) is 6.08 Å². The Bertz CT molecular complexity index is 95.7. The van der Waals surface area contributed by atoms with Gasteiger partial charge in [0.25, 0.3) is 0 Å². The van der Waals surface area contributed by atoms with E-state index in [1.165, 1.54) is 0 Å². The Morgan fingerprint density at radius 1 is 1.83 bits per heavy atom. The average molecular weight is 100 g/mol. The van der Waals surface area contributed by atoms with Gasteiger partial charge in [0.05, 0.1) is 0 Å². The second kappa shape index (κ2) is 1.39. The molecule has 6 heavy (non-hydrogen) atoms. The Labute approximate surface area is 41.6 Å². The normalized spacial score (nSPS) is 18.3. The summed E-state index contributed by atoms with van der Waals surface area (Å²) in [7, 11) is 0. The first-order chi connectivity index (χ1) is 2.89. The molecule has 1 nitrogen and oxygen atoms in total. The SMILES string of the molecule is S=C1C=CCO1. The molecule has 2 heteroatoms. The van der Waals surface area contributed by atoms with Gasteiger partial charge in [-0.25, -0.2) is 0 Å². The Kier molecular flexibility index (Phi) is 0.881. The number of hydrogen-bond acceptors (Lipinski definition) is 2. The maximum atomic E-state index is 4.77. The molecule has 0 unspecified atom stereocenters. The highest BCUT2D eigenvalue weighted by atomic mass is 32.1. The lowest BCUT2D eigenvalue weighted by Gasteiger charge is -1.85. The van der Waals surface area contributed by atoms with Gasteiger partial charge >= 0.3 is 0 Å². The number of hydrogen-bond donors (Lipinski definition) is 0. The van der Waals surface area contributed by atoms with Gasteiger partial charge < -0.3 is 4.74 Å². The molecule has 0 aromatic rings. The summed E-state index contributed by atoms with van der Waals surface area (Å²) in [5.74, 6) is 0. The van der Waals surface area contributed by atoms with Crippen molar-refractivity contribution in [2.75, 3.05) is 6.61 Å². The highest BCUT2D eigenvalue weighted by Gasteiger charge is 1.93. The van der Waals surface area contributed by atoms with E-state index in [2.05, 4.69) is 12.2 Å². The topological polar surface area (TPSA) is 9.23 Å². The van der Waals surface area contributed by atoms with Crippen LogP contribution in [0.2, 0.25) is 0 Å². The highest BCUT2D eigenvalue weighted by Crippen LogP contribution is 1.92. The van der Waals surface area contributed by atoms with Gasteiger partial charge in [0.1, 0.15) is 6.61 Å². The molecule has 0 saturated carbocycles. The van der Waals surface area contributed by atoms with Crippen LogP contribution in [-0.4, -0.2) is 11.7 Å². The van der Waals surface area contributed by atoms with Crippen molar-refractivity contribution in [3.63, 3.8) is 0 Å². The third kappa shape index (κ3) is 0.571. The van der Waals surface area contributed by atoms with Crippen LogP contribution in [0.25, 0.3) is 0 Å². The first-order valence-corrected chi connectivity index (χ1v) is 2.14. The first-order valence-electron chi connectivity index (χ1n) is 1.73. The van der Waals surface area contributed by atoms with Crippen LogP contribution in [0.15, 0.2) is 12.2 Å². The molecule has 0 aliphatic carbocycles. The molecular formula is C4H4OS. The lowest BCUT2D eigenvalue weighted by atomic mass is 10.6. The van der Waals surface area contributed by atoms with Gasteiger partial charge in [-0.15, -0.1) is 0 Å². The summed E-state index contributed by atoms with van der Waals surface area (Å²) in [6.45, 7) is 0.666. The molecule has 0 bridgehead atoms. The fourth-order valence-corrected chi connectivity index (χ4v) is 0.487. The molecule has 0 aromatic carbocycles. The zero-order valence-corrected chi connectivity index (χ0v) is 3.99. The van der Waals surface area contributed by atoms with Gasteiger partial charge in [-0.3, -0.25) is 0 Å². The Balaban J connectivity index is 2.59. The van der Waals surface area contributed by atoms with E-state index in [0.717, 1.165) is 0 Å². The van der Waals surface area contributed by atoms with E-state index in [1.54, 1.807) is 6.08 Å². The molecular weight excluding hydrogens is 96.1 g/mol. The molecule has 0 N–H and O–H groups in total. The fraction of sp³-hybridized carbons (Fsp3) is 0.250. The van der Waals surface area contributed by atoms with Crippen LogP contribution in [0.5, 0.6) is 0 Å². The minimum absolute atomic E-state index is 0.606. The summed E-state index contributed by atoms with van der Waals surface area (Å²) in [4.78, 5) is 0. The molecule has 0 radical (unpaired) electrons. The molecule has 0 atom stereocenters. The largest absolute Gasteiger partial charge is 0.479 e. The summed E-state index contributed by atoms with van der Waals surface area (Å²) < 4.78 is 4.77. The van der Waals surface area contributed by atoms with Crippen LogP contribution in [0.3, 0.4) is 0 Å². The van der Waals surface area contributed by atoms with Crippen molar-refractivity contribution >= 4 is 17.3 Å². The van der Waals surface area contributed by atoms with Crippen molar-refractivity contribution in [3.8, 4) is 0 Å². The third-order valence-electron chi connectivity index (χ3n) is 0.576. The fourth-order valence-electron chi connectivity index (χ4n) is 0.323. The quantitative estimate of drug-likeness (QED) is 0.418. The van der Waals surface area contributed by atoms with Crippen LogP contribution in [0.1, 0.15) is 0 Å². The summed E-state index contributed by atoms with van der Waals surface area (Å²) in [5, 5.41) is 0.606. The van der Waals surface area contributed by atoms with Crippen molar-refractivity contribution in [3.05, 3.63) is 12.2 Å². The second-order valence-electron chi connectivity index (χ2n) is 1.03. The number of ether oxygens (including phenoxy) is 1. The van der Waals surface area contributed by atoms with Crippen LogP contribution >= 0.6 is 12.2 Å². The van der Waals surface area contributed by atoms with Crippen LogP contribution < -0.4 is 0 Å². The summed E-state index contributed by atoms with van der Waals surface area (Å²) >= 11 is 4.61. The first kappa shape index (κ1) is 3.81. The van der Waals surface area contributed by atoms with Gasteiger partial charge in [-0.05, 0) is 24.4 Å². The lowest BCUT2D eigenvalue weighted by Crippen LogP contribution is -1.85. The Morgan fingerprint density at radius 3 is 2.83 bits per heavy atom. The average Bonchev–Trinajstić information content (AvgIpc) is 1.86. The van der Waals surface area contributed by atoms with Crippen LogP contribution in [0.4, 0.5) is 0 Å². The van der Waals surface area contributed by atoms with Crippen molar-refractivity contribution < 1.29 is 4.74 Å². The van der Waals surface area contributed by atoms with Gasteiger partial charge in [-0.1, -0.05) is 0 Å². The second-order valence-corrected chi connectivity index (χ2v) is 1.43. The number of rotatable bonds is 0. The molecule has 0 aromatic heterocycles. The zero-order valence-electron chi connectivity index (χ0n) is 3.18. The molecule has 1 heterocycles. The van der Waals surface area contributed by atoms with Crippen molar-refractivity contribution in [2.45, 2.75) is 0 Å². The van der Waals surface area contributed by atoms with Gasteiger partial charge in [0.15, 0.2) is 5.05 Å². The molecule has 1 aliphatic rings. The Morgan fingerprint density at radius 2 is 2.67 bits per heavy atom. The zero-order chi connectivity index (χ0) is 4.41. The minimum Gasteiger partial charge on any atom is -0.479 e. The molecule has 0 saturated heterocycles. The molecule has 32 valence electrons. The molecule has 1 aliphatic heterocycles. The highest BCUT2D eigenvalue weighted by molar-refractivity contribution is 7.80. The van der Waals surface area contributed by atoms with Crippen LogP contribution in [0, 0.1) is 0 Å². The van der Waals surface area contributed by atoms with E-state index in [9.17, 15) is 0 Å².